The standard InChI is InChI=1S/C28H41F3/c1-2-3-21-10-15-24(16-21)22-11-6-19(7-12-22)4-5-20-8-13-23(14-9-20)25-17-26(29)28(31)27(30)18-25/h17-24H,2-16H2,1H3. The molecule has 0 aromatic heterocycles. The Morgan fingerprint density at radius 1 is 0.645 bits per heavy atom. The molecule has 0 saturated heterocycles. The second-order valence-electron chi connectivity index (χ2n) is 11.1. The maximum absolute atomic E-state index is 13.6. The fourth-order valence-electron chi connectivity index (χ4n) is 7.23. The molecule has 0 bridgehead atoms. The van der Waals surface area contributed by atoms with Crippen LogP contribution in [-0.2, 0) is 0 Å². The molecule has 0 amide bonds. The highest BCUT2D eigenvalue weighted by atomic mass is 19.2. The van der Waals surface area contributed by atoms with Crippen molar-refractivity contribution in [1.29, 1.82) is 0 Å². The highest BCUT2D eigenvalue weighted by molar-refractivity contribution is 5.23. The van der Waals surface area contributed by atoms with E-state index in [2.05, 4.69) is 6.92 Å². The van der Waals surface area contributed by atoms with E-state index in [0.29, 0.717) is 5.56 Å². The van der Waals surface area contributed by atoms with Crippen LogP contribution in [0.2, 0.25) is 0 Å². The summed E-state index contributed by atoms with van der Waals surface area (Å²) in [4.78, 5) is 0. The van der Waals surface area contributed by atoms with Crippen molar-refractivity contribution < 1.29 is 13.2 Å². The van der Waals surface area contributed by atoms with Crippen LogP contribution in [0, 0.1) is 47.0 Å². The highest BCUT2D eigenvalue weighted by Gasteiger charge is 2.33. The summed E-state index contributed by atoms with van der Waals surface area (Å²) in [6.07, 6.45) is 20.0. The van der Waals surface area contributed by atoms with Crippen LogP contribution in [0.5, 0.6) is 0 Å². The zero-order valence-corrected chi connectivity index (χ0v) is 19.4. The summed E-state index contributed by atoms with van der Waals surface area (Å²) in [5.41, 5.74) is 0.640. The molecule has 1 aromatic carbocycles. The van der Waals surface area contributed by atoms with Gasteiger partial charge in [-0.05, 0) is 105 Å². The largest absolute Gasteiger partial charge is 0.204 e. The maximum atomic E-state index is 13.6. The van der Waals surface area contributed by atoms with Crippen LogP contribution in [0.1, 0.15) is 115 Å². The van der Waals surface area contributed by atoms with Crippen molar-refractivity contribution in [2.24, 2.45) is 29.6 Å². The van der Waals surface area contributed by atoms with Gasteiger partial charge < -0.3 is 0 Å². The second kappa shape index (κ2) is 10.8. The SMILES string of the molecule is CCCC1CCC(C2CCC(CCC3CCC(c4cc(F)c(F)c(F)c4)CC3)CC2)C1. The first kappa shape index (κ1) is 23.2. The Balaban J connectivity index is 1.15. The number of rotatable bonds is 7. The summed E-state index contributed by atoms with van der Waals surface area (Å²) < 4.78 is 40.4. The molecular weight excluding hydrogens is 393 g/mol. The lowest BCUT2D eigenvalue weighted by molar-refractivity contribution is 0.184. The van der Waals surface area contributed by atoms with E-state index in [1.54, 1.807) is 0 Å². The Hall–Kier alpha value is -0.990. The molecule has 3 aliphatic rings. The lowest BCUT2D eigenvalue weighted by Gasteiger charge is -2.34. The molecule has 4 rings (SSSR count). The van der Waals surface area contributed by atoms with E-state index in [1.807, 2.05) is 0 Å². The minimum atomic E-state index is -1.35. The van der Waals surface area contributed by atoms with E-state index >= 15 is 0 Å². The van der Waals surface area contributed by atoms with Crippen LogP contribution >= 0.6 is 0 Å². The third kappa shape index (κ3) is 5.88. The molecule has 174 valence electrons. The Morgan fingerprint density at radius 3 is 1.74 bits per heavy atom. The van der Waals surface area contributed by atoms with Gasteiger partial charge in [0.1, 0.15) is 0 Å². The Kier molecular flexibility index (Phi) is 8.04. The van der Waals surface area contributed by atoms with E-state index in [0.717, 1.165) is 55.3 Å². The maximum Gasteiger partial charge on any atom is 0.194 e. The van der Waals surface area contributed by atoms with Gasteiger partial charge in [-0.25, -0.2) is 13.2 Å². The lowest BCUT2D eigenvalue weighted by Crippen LogP contribution is -2.21. The monoisotopic (exact) mass is 434 g/mol. The molecule has 3 heteroatoms. The summed E-state index contributed by atoms with van der Waals surface area (Å²) >= 11 is 0. The zero-order chi connectivity index (χ0) is 21.8. The first-order valence-electron chi connectivity index (χ1n) is 13.2. The average molecular weight is 435 g/mol. The lowest BCUT2D eigenvalue weighted by atomic mass is 9.72. The smallest absolute Gasteiger partial charge is 0.194 e. The van der Waals surface area contributed by atoms with Crippen LogP contribution in [0.4, 0.5) is 13.2 Å². The van der Waals surface area contributed by atoms with Gasteiger partial charge in [-0.1, -0.05) is 51.9 Å². The molecule has 31 heavy (non-hydrogen) atoms. The number of benzene rings is 1. The van der Waals surface area contributed by atoms with Crippen molar-refractivity contribution >= 4 is 0 Å². The molecule has 0 aliphatic heterocycles. The van der Waals surface area contributed by atoms with Gasteiger partial charge in [-0.15, -0.1) is 0 Å². The molecule has 3 saturated carbocycles. The van der Waals surface area contributed by atoms with Crippen LogP contribution in [0.15, 0.2) is 12.1 Å². The summed E-state index contributed by atoms with van der Waals surface area (Å²) in [5.74, 6) is 1.46. The van der Waals surface area contributed by atoms with E-state index in [-0.39, 0.29) is 5.92 Å². The minimum Gasteiger partial charge on any atom is -0.204 e. The van der Waals surface area contributed by atoms with E-state index in [4.69, 9.17) is 0 Å². The third-order valence-corrected chi connectivity index (χ3v) is 9.14. The summed E-state index contributed by atoms with van der Waals surface area (Å²) in [5, 5.41) is 0. The molecule has 3 aliphatic carbocycles. The highest BCUT2D eigenvalue weighted by Crippen LogP contribution is 2.45. The molecule has 0 radical (unpaired) electrons. The van der Waals surface area contributed by atoms with Gasteiger partial charge >= 0.3 is 0 Å². The van der Waals surface area contributed by atoms with Crippen molar-refractivity contribution in [3.05, 3.63) is 35.1 Å². The van der Waals surface area contributed by atoms with E-state index < -0.39 is 17.5 Å². The first-order chi connectivity index (χ1) is 15.0. The van der Waals surface area contributed by atoms with Gasteiger partial charge in [-0.2, -0.15) is 0 Å². The van der Waals surface area contributed by atoms with Crippen LogP contribution in [-0.4, -0.2) is 0 Å². The predicted molar refractivity (Wildman–Crippen MR) is 121 cm³/mol. The predicted octanol–water partition coefficient (Wildman–Crippen LogP) is 9.18. The molecule has 2 atom stereocenters. The second-order valence-corrected chi connectivity index (χ2v) is 11.1. The Morgan fingerprint density at radius 2 is 1.16 bits per heavy atom. The quantitative estimate of drug-likeness (QED) is 0.375. The van der Waals surface area contributed by atoms with Gasteiger partial charge in [0.25, 0.3) is 0 Å². The van der Waals surface area contributed by atoms with Gasteiger partial charge in [-0.3, -0.25) is 0 Å². The van der Waals surface area contributed by atoms with E-state index in [9.17, 15) is 13.2 Å². The fraction of sp³-hybridized carbons (Fsp3) is 0.786. The summed E-state index contributed by atoms with van der Waals surface area (Å²) in [6, 6.07) is 2.41. The van der Waals surface area contributed by atoms with E-state index in [1.165, 1.54) is 82.8 Å². The minimum absolute atomic E-state index is 0.180. The van der Waals surface area contributed by atoms with Crippen molar-refractivity contribution in [3.63, 3.8) is 0 Å². The van der Waals surface area contributed by atoms with Gasteiger partial charge in [0.15, 0.2) is 17.5 Å². The third-order valence-electron chi connectivity index (χ3n) is 9.14. The van der Waals surface area contributed by atoms with Gasteiger partial charge in [0, 0.05) is 0 Å². The van der Waals surface area contributed by atoms with Crippen molar-refractivity contribution in [2.45, 2.75) is 109 Å². The molecular formula is C28H41F3. The molecule has 1 aromatic rings. The average Bonchev–Trinajstić information content (AvgIpc) is 3.25. The fourth-order valence-corrected chi connectivity index (χ4v) is 7.23. The van der Waals surface area contributed by atoms with Gasteiger partial charge in [0.2, 0.25) is 0 Å². The summed E-state index contributed by atoms with van der Waals surface area (Å²) in [7, 11) is 0. The molecule has 0 N–H and O–H groups in total. The Bertz CT molecular complexity index is 675. The van der Waals surface area contributed by atoms with Crippen molar-refractivity contribution in [1.82, 2.24) is 0 Å². The van der Waals surface area contributed by atoms with Crippen LogP contribution < -0.4 is 0 Å². The molecule has 0 spiro atoms. The molecule has 0 heterocycles. The zero-order valence-electron chi connectivity index (χ0n) is 19.4. The molecule has 2 unspecified atom stereocenters. The summed E-state index contributed by atoms with van der Waals surface area (Å²) in [6.45, 7) is 2.33. The van der Waals surface area contributed by atoms with Crippen LogP contribution in [0.3, 0.4) is 0 Å². The van der Waals surface area contributed by atoms with Crippen LogP contribution in [0.25, 0.3) is 0 Å². The first-order valence-corrected chi connectivity index (χ1v) is 13.2. The topological polar surface area (TPSA) is 0 Å². The van der Waals surface area contributed by atoms with Crippen molar-refractivity contribution in [3.8, 4) is 0 Å². The molecule has 3 fully saturated rings. The van der Waals surface area contributed by atoms with Gasteiger partial charge in [0.05, 0.1) is 0 Å². The normalized spacial score (nSPS) is 34.2. The molecule has 0 nitrogen and oxygen atoms in total. The van der Waals surface area contributed by atoms with Crippen molar-refractivity contribution in [2.75, 3.05) is 0 Å². The number of hydrogen-bond donors (Lipinski definition) is 0. The Labute approximate surface area is 187 Å². The number of hydrogen-bond acceptors (Lipinski definition) is 0. The number of halogens is 3.